The molecule has 0 amide bonds. The van der Waals surface area contributed by atoms with Crippen LogP contribution in [0, 0.1) is 13.8 Å². The molecule has 0 fully saturated rings. The van der Waals surface area contributed by atoms with Crippen molar-refractivity contribution in [3.05, 3.63) is 86.6 Å². The number of halogens is 1. The van der Waals surface area contributed by atoms with E-state index in [9.17, 15) is 9.59 Å². The molecule has 6 heteroatoms. The van der Waals surface area contributed by atoms with Gasteiger partial charge in [-0.2, -0.15) is 5.10 Å². The Kier molecular flexibility index (Phi) is 6.99. The molecule has 166 valence electrons. The van der Waals surface area contributed by atoms with Gasteiger partial charge in [-0.15, -0.1) is 0 Å². The van der Waals surface area contributed by atoms with Crippen molar-refractivity contribution < 1.29 is 14.3 Å². The van der Waals surface area contributed by atoms with Gasteiger partial charge < -0.3 is 4.74 Å². The molecule has 0 saturated carbocycles. The first-order chi connectivity index (χ1) is 15.1. The van der Waals surface area contributed by atoms with Gasteiger partial charge in [-0.25, -0.2) is 4.68 Å². The minimum absolute atomic E-state index is 0.174. The second kappa shape index (κ2) is 9.53. The van der Waals surface area contributed by atoms with Crippen molar-refractivity contribution in [2.24, 2.45) is 7.05 Å². The van der Waals surface area contributed by atoms with Crippen LogP contribution in [0.4, 0.5) is 0 Å². The van der Waals surface area contributed by atoms with Crippen LogP contribution in [-0.4, -0.2) is 28.0 Å². The lowest BCUT2D eigenvalue weighted by atomic mass is 9.91. The Hall–Kier alpha value is -3.18. The molecular formula is C26H27ClN2O3. The fourth-order valence-electron chi connectivity index (χ4n) is 3.67. The number of ether oxygens (including phenoxy) is 1. The highest BCUT2D eigenvalue weighted by Crippen LogP contribution is 2.34. The molecule has 0 aliphatic heterocycles. The summed E-state index contributed by atoms with van der Waals surface area (Å²) in [6.45, 7) is 9.49. The van der Waals surface area contributed by atoms with Crippen molar-refractivity contribution in [1.82, 2.24) is 9.78 Å². The minimum Gasteiger partial charge on any atom is -0.469 e. The van der Waals surface area contributed by atoms with E-state index in [-0.39, 0.29) is 24.1 Å². The maximum atomic E-state index is 13.6. The molecule has 3 aromatic rings. The van der Waals surface area contributed by atoms with Gasteiger partial charge in [0.05, 0.1) is 5.69 Å². The van der Waals surface area contributed by atoms with Crippen molar-refractivity contribution in [3.63, 3.8) is 0 Å². The van der Waals surface area contributed by atoms with E-state index in [1.807, 2.05) is 33.8 Å². The third kappa shape index (κ3) is 4.53. The van der Waals surface area contributed by atoms with Crippen LogP contribution in [0.3, 0.4) is 0 Å². The van der Waals surface area contributed by atoms with E-state index in [1.54, 1.807) is 50.4 Å². The molecule has 2 aromatic carbocycles. The number of nitrogens with zero attached hydrogens (tertiary/aromatic N) is 2. The third-order valence-electron chi connectivity index (χ3n) is 5.62. The summed E-state index contributed by atoms with van der Waals surface area (Å²) >= 11 is 6.48. The number of Topliss-reactive ketones (excluding diaryl/α,β-unsaturated/α-hetero) is 1. The number of aryl methyl sites for hydroxylation is 2. The predicted molar refractivity (Wildman–Crippen MR) is 128 cm³/mol. The molecule has 0 aliphatic rings. The van der Waals surface area contributed by atoms with Crippen LogP contribution in [0.2, 0.25) is 5.02 Å². The molecule has 0 atom stereocenters. The van der Waals surface area contributed by atoms with Gasteiger partial charge in [0.15, 0.2) is 12.4 Å². The normalized spacial score (nSPS) is 10.7. The lowest BCUT2D eigenvalue weighted by Crippen LogP contribution is -2.15. The Morgan fingerprint density at radius 3 is 2.28 bits per heavy atom. The number of carbonyl (C=O) groups excluding carboxylic acids is 2. The molecule has 0 bridgehead atoms. The highest BCUT2D eigenvalue weighted by molar-refractivity contribution is 6.33. The van der Waals surface area contributed by atoms with Gasteiger partial charge in [0.25, 0.3) is 0 Å². The number of hydrogen-bond acceptors (Lipinski definition) is 4. The largest absolute Gasteiger partial charge is 0.469 e. The Balaban J connectivity index is 1.99. The molecule has 1 aromatic heterocycles. The number of ketones is 2. The van der Waals surface area contributed by atoms with E-state index in [1.165, 1.54) is 4.68 Å². The van der Waals surface area contributed by atoms with Gasteiger partial charge in [-0.1, -0.05) is 47.5 Å². The Bertz CT molecular complexity index is 1220. The first kappa shape index (κ1) is 23.5. The number of allylic oxidation sites excluding steroid dienone is 2. The number of aromatic nitrogens is 2. The second-order valence-corrected chi connectivity index (χ2v) is 8.42. The average molecular weight is 451 g/mol. The summed E-state index contributed by atoms with van der Waals surface area (Å²) in [4.78, 5) is 26.1. The van der Waals surface area contributed by atoms with Gasteiger partial charge in [0.1, 0.15) is 5.56 Å². The maximum absolute atomic E-state index is 13.6. The fraction of sp³-hybridized carbons (Fsp3) is 0.269. The maximum Gasteiger partial charge on any atom is 0.223 e. The van der Waals surface area contributed by atoms with Gasteiger partial charge >= 0.3 is 0 Å². The van der Waals surface area contributed by atoms with Crippen molar-refractivity contribution >= 4 is 28.7 Å². The summed E-state index contributed by atoms with van der Waals surface area (Å²) in [5.41, 5.74) is 5.79. The quantitative estimate of drug-likeness (QED) is 0.414. The molecule has 0 unspecified atom stereocenters. The molecule has 0 spiro atoms. The lowest BCUT2D eigenvalue weighted by molar-refractivity contribution is 0.0908. The highest BCUT2D eigenvalue weighted by atomic mass is 35.5. The summed E-state index contributed by atoms with van der Waals surface area (Å²) in [6, 6.07) is 12.4. The van der Waals surface area contributed by atoms with Crippen molar-refractivity contribution in [3.8, 4) is 5.88 Å². The lowest BCUT2D eigenvalue weighted by Gasteiger charge is -2.15. The molecule has 32 heavy (non-hydrogen) atoms. The Labute approximate surface area is 193 Å². The smallest absolute Gasteiger partial charge is 0.223 e. The van der Waals surface area contributed by atoms with Gasteiger partial charge in [0, 0.05) is 23.2 Å². The first-order valence-electron chi connectivity index (χ1n) is 10.4. The predicted octanol–water partition coefficient (Wildman–Crippen LogP) is 6.00. The van der Waals surface area contributed by atoms with Crippen LogP contribution in [0.1, 0.15) is 63.9 Å². The zero-order chi connectivity index (χ0) is 23.6. The van der Waals surface area contributed by atoms with E-state index >= 15 is 0 Å². The molecule has 1 heterocycles. The van der Waals surface area contributed by atoms with E-state index in [2.05, 4.69) is 5.10 Å². The van der Waals surface area contributed by atoms with Crippen LogP contribution in [0.5, 0.6) is 5.88 Å². The average Bonchev–Trinajstić information content (AvgIpc) is 3.04. The molecule has 5 nitrogen and oxygen atoms in total. The zero-order valence-electron chi connectivity index (χ0n) is 19.2. The number of rotatable bonds is 7. The van der Waals surface area contributed by atoms with Gasteiger partial charge in [0.2, 0.25) is 11.7 Å². The van der Waals surface area contributed by atoms with E-state index in [0.717, 1.165) is 22.3 Å². The summed E-state index contributed by atoms with van der Waals surface area (Å²) < 4.78 is 7.32. The second-order valence-electron chi connectivity index (χ2n) is 8.02. The summed E-state index contributed by atoms with van der Waals surface area (Å²) in [5.74, 6) is -0.117. The van der Waals surface area contributed by atoms with Gasteiger partial charge in [-0.05, 0) is 63.5 Å². The van der Waals surface area contributed by atoms with Crippen molar-refractivity contribution in [1.29, 1.82) is 0 Å². The van der Waals surface area contributed by atoms with Crippen molar-refractivity contribution in [2.75, 3.05) is 6.61 Å². The Morgan fingerprint density at radius 2 is 1.66 bits per heavy atom. The molecule has 3 rings (SSSR count). The number of carbonyl (C=O) groups is 2. The summed E-state index contributed by atoms with van der Waals surface area (Å²) in [7, 11) is 1.69. The molecule has 0 radical (unpaired) electrons. The number of hydrogen-bond donors (Lipinski definition) is 0. The van der Waals surface area contributed by atoms with Crippen LogP contribution in [-0.2, 0) is 7.05 Å². The van der Waals surface area contributed by atoms with E-state index < -0.39 is 0 Å². The summed E-state index contributed by atoms with van der Waals surface area (Å²) in [5, 5.41) is 4.97. The molecule has 0 saturated heterocycles. The van der Waals surface area contributed by atoms with Crippen LogP contribution >= 0.6 is 11.6 Å². The highest BCUT2D eigenvalue weighted by Gasteiger charge is 2.26. The van der Waals surface area contributed by atoms with E-state index in [0.29, 0.717) is 27.4 Å². The van der Waals surface area contributed by atoms with Crippen LogP contribution in [0.25, 0.3) is 5.57 Å². The summed E-state index contributed by atoms with van der Waals surface area (Å²) in [6.07, 6.45) is 0. The molecule has 0 aliphatic carbocycles. The fourth-order valence-corrected chi connectivity index (χ4v) is 4.02. The zero-order valence-corrected chi connectivity index (χ0v) is 20.0. The SMILES string of the molecule is CC(C)=C(C)c1c(Cl)ccc(C(=O)c2c(C)nn(C)c2OCC(=O)c2ccccc2)c1C. The van der Waals surface area contributed by atoms with Crippen molar-refractivity contribution in [2.45, 2.75) is 34.6 Å². The Morgan fingerprint density at radius 1 is 1.00 bits per heavy atom. The topological polar surface area (TPSA) is 61.2 Å². The standard InChI is InChI=1S/C26H27ClN2O3/c1-15(2)16(3)23-17(4)20(12-13-21(23)27)25(31)24-18(5)28-29(6)26(24)32-14-22(30)19-10-8-7-9-11-19/h7-13H,14H2,1-6H3. The molecule has 0 N–H and O–H groups in total. The molecular weight excluding hydrogens is 424 g/mol. The minimum atomic E-state index is -0.213. The monoisotopic (exact) mass is 450 g/mol. The van der Waals surface area contributed by atoms with Crippen LogP contribution in [0.15, 0.2) is 48.0 Å². The first-order valence-corrected chi connectivity index (χ1v) is 10.7. The van der Waals surface area contributed by atoms with E-state index in [4.69, 9.17) is 16.3 Å². The van der Waals surface area contributed by atoms with Gasteiger partial charge in [-0.3, -0.25) is 9.59 Å². The van der Waals surface area contributed by atoms with Crippen LogP contribution < -0.4 is 4.74 Å². The number of benzene rings is 2. The third-order valence-corrected chi connectivity index (χ3v) is 5.93.